The van der Waals surface area contributed by atoms with E-state index in [9.17, 15) is 14.4 Å². The first kappa shape index (κ1) is 18.2. The van der Waals surface area contributed by atoms with E-state index in [1.807, 2.05) is 6.92 Å². The monoisotopic (exact) mass is 398 g/mol. The summed E-state index contributed by atoms with van der Waals surface area (Å²) in [6, 6.07) is 6.77. The molecule has 10 heteroatoms. The summed E-state index contributed by atoms with van der Waals surface area (Å²) >= 11 is 1.44. The lowest BCUT2D eigenvalue weighted by atomic mass is 10.1. The second kappa shape index (κ2) is 7.47. The van der Waals surface area contributed by atoms with E-state index >= 15 is 0 Å². The van der Waals surface area contributed by atoms with Gasteiger partial charge in [0, 0.05) is 25.9 Å². The molecular formula is C18H18N6O3S. The topological polar surface area (TPSA) is 110 Å². The Hall–Kier alpha value is -3.14. The van der Waals surface area contributed by atoms with E-state index in [-0.39, 0.29) is 30.7 Å². The normalized spacial score (nSPS) is 13.4. The van der Waals surface area contributed by atoms with Crippen molar-refractivity contribution >= 4 is 34.0 Å². The van der Waals surface area contributed by atoms with Crippen molar-refractivity contribution in [1.82, 2.24) is 30.0 Å². The van der Waals surface area contributed by atoms with Gasteiger partial charge in [0.1, 0.15) is 5.01 Å². The molecule has 9 nitrogen and oxygen atoms in total. The Bertz CT molecular complexity index is 1040. The molecule has 0 atom stereocenters. The van der Waals surface area contributed by atoms with Crippen molar-refractivity contribution in [1.29, 1.82) is 0 Å². The van der Waals surface area contributed by atoms with Gasteiger partial charge in [-0.3, -0.25) is 19.3 Å². The molecule has 3 heterocycles. The van der Waals surface area contributed by atoms with E-state index < -0.39 is 0 Å². The van der Waals surface area contributed by atoms with E-state index in [1.165, 1.54) is 16.2 Å². The zero-order valence-corrected chi connectivity index (χ0v) is 16.0. The summed E-state index contributed by atoms with van der Waals surface area (Å²) in [5.41, 5.74) is 0.856. The number of rotatable bonds is 7. The maximum absolute atomic E-state index is 12.3. The van der Waals surface area contributed by atoms with Crippen LogP contribution in [-0.2, 0) is 11.2 Å². The van der Waals surface area contributed by atoms with Crippen molar-refractivity contribution < 1.29 is 14.4 Å². The van der Waals surface area contributed by atoms with Crippen LogP contribution >= 0.6 is 11.3 Å². The number of hydrogen-bond acceptors (Lipinski definition) is 7. The van der Waals surface area contributed by atoms with E-state index in [4.69, 9.17) is 0 Å². The van der Waals surface area contributed by atoms with Crippen LogP contribution in [0.1, 0.15) is 44.4 Å². The lowest BCUT2D eigenvalue weighted by Gasteiger charge is -2.13. The second-order valence-corrected chi connectivity index (χ2v) is 7.49. The number of fused-ring (bicyclic) bond motifs is 2. The number of aromatic nitrogens is 4. The number of aryl methyl sites for hydroxylation is 1. The quantitative estimate of drug-likeness (QED) is 0.600. The SMILES string of the molecule is Cc1nnc2sc(CCNC(=O)CCCN3C(=O)c4ccccc4C3=O)nn12. The Labute approximate surface area is 164 Å². The summed E-state index contributed by atoms with van der Waals surface area (Å²) in [4.78, 5) is 38.5. The summed E-state index contributed by atoms with van der Waals surface area (Å²) in [5, 5.41) is 16.1. The van der Waals surface area contributed by atoms with Crippen molar-refractivity contribution in [2.75, 3.05) is 13.1 Å². The van der Waals surface area contributed by atoms with Gasteiger partial charge in [-0.05, 0) is 25.5 Å². The van der Waals surface area contributed by atoms with Crippen molar-refractivity contribution in [2.45, 2.75) is 26.2 Å². The molecule has 1 aromatic carbocycles. The molecule has 0 saturated heterocycles. The molecule has 4 rings (SSSR count). The predicted octanol–water partition coefficient (Wildman–Crippen LogP) is 1.23. The average Bonchev–Trinajstić information content (AvgIpc) is 3.32. The Morgan fingerprint density at radius 3 is 2.54 bits per heavy atom. The van der Waals surface area contributed by atoms with Crippen LogP contribution in [0.2, 0.25) is 0 Å². The highest BCUT2D eigenvalue weighted by atomic mass is 32.1. The molecule has 0 saturated carbocycles. The minimum Gasteiger partial charge on any atom is -0.356 e. The van der Waals surface area contributed by atoms with Gasteiger partial charge in [0.25, 0.3) is 11.8 Å². The summed E-state index contributed by atoms with van der Waals surface area (Å²) in [7, 11) is 0. The molecule has 3 aromatic rings. The van der Waals surface area contributed by atoms with Gasteiger partial charge >= 0.3 is 0 Å². The van der Waals surface area contributed by atoms with Gasteiger partial charge in [-0.25, -0.2) is 0 Å². The van der Waals surface area contributed by atoms with Crippen molar-refractivity contribution in [3.63, 3.8) is 0 Å². The Balaban J connectivity index is 1.21. The van der Waals surface area contributed by atoms with Gasteiger partial charge in [-0.2, -0.15) is 9.61 Å². The van der Waals surface area contributed by atoms with Gasteiger partial charge in [0.2, 0.25) is 10.9 Å². The third-order valence-corrected chi connectivity index (χ3v) is 5.47. The molecule has 0 radical (unpaired) electrons. The van der Waals surface area contributed by atoms with Gasteiger partial charge in [-0.15, -0.1) is 10.2 Å². The number of nitrogens with zero attached hydrogens (tertiary/aromatic N) is 5. The first-order valence-corrected chi connectivity index (χ1v) is 9.76. The predicted molar refractivity (Wildman–Crippen MR) is 101 cm³/mol. The third-order valence-electron chi connectivity index (χ3n) is 4.51. The lowest BCUT2D eigenvalue weighted by molar-refractivity contribution is -0.121. The zero-order valence-electron chi connectivity index (χ0n) is 15.2. The number of imide groups is 1. The van der Waals surface area contributed by atoms with Crippen molar-refractivity contribution in [2.24, 2.45) is 0 Å². The number of carbonyl (C=O) groups is 3. The standard InChI is InChI=1S/C18H18N6O3S/c1-11-20-21-18-24(11)22-15(28-18)8-9-19-14(25)7-4-10-23-16(26)12-5-2-3-6-13(12)17(23)27/h2-3,5-6H,4,7-10H2,1H3,(H,19,25). The fourth-order valence-corrected chi connectivity index (χ4v) is 3.97. The Morgan fingerprint density at radius 2 is 1.86 bits per heavy atom. The van der Waals surface area contributed by atoms with Gasteiger partial charge in [0.15, 0.2) is 5.82 Å². The molecule has 2 aromatic heterocycles. The van der Waals surface area contributed by atoms with Crippen LogP contribution in [0, 0.1) is 6.92 Å². The molecule has 0 bridgehead atoms. The molecule has 0 spiro atoms. The second-order valence-electron chi connectivity index (χ2n) is 6.45. The van der Waals surface area contributed by atoms with E-state index in [2.05, 4.69) is 20.6 Å². The van der Waals surface area contributed by atoms with Crippen LogP contribution in [0.5, 0.6) is 0 Å². The van der Waals surface area contributed by atoms with Crippen LogP contribution in [0.3, 0.4) is 0 Å². The molecule has 0 aliphatic carbocycles. The van der Waals surface area contributed by atoms with E-state index in [1.54, 1.807) is 28.8 Å². The zero-order chi connectivity index (χ0) is 19.7. The van der Waals surface area contributed by atoms with Gasteiger partial charge in [0.05, 0.1) is 11.1 Å². The smallest absolute Gasteiger partial charge is 0.261 e. The van der Waals surface area contributed by atoms with Crippen molar-refractivity contribution in [3.05, 3.63) is 46.2 Å². The summed E-state index contributed by atoms with van der Waals surface area (Å²) in [6.45, 7) is 2.53. The van der Waals surface area contributed by atoms with Crippen LogP contribution in [-0.4, -0.2) is 55.5 Å². The maximum Gasteiger partial charge on any atom is 0.261 e. The first-order valence-electron chi connectivity index (χ1n) is 8.94. The number of nitrogens with one attached hydrogen (secondary N) is 1. The van der Waals surface area contributed by atoms with Gasteiger partial charge < -0.3 is 5.32 Å². The Kier molecular flexibility index (Phi) is 4.86. The molecule has 3 amide bonds. The molecule has 1 aliphatic rings. The average molecular weight is 398 g/mol. The molecule has 1 aliphatic heterocycles. The third kappa shape index (κ3) is 3.38. The highest BCUT2D eigenvalue weighted by Gasteiger charge is 2.34. The summed E-state index contributed by atoms with van der Waals surface area (Å²) < 4.78 is 1.68. The lowest BCUT2D eigenvalue weighted by Crippen LogP contribution is -2.32. The van der Waals surface area contributed by atoms with E-state index in [0.717, 1.165) is 15.8 Å². The first-order chi connectivity index (χ1) is 13.5. The van der Waals surface area contributed by atoms with E-state index in [0.29, 0.717) is 30.5 Å². The largest absolute Gasteiger partial charge is 0.356 e. The van der Waals surface area contributed by atoms with Crippen LogP contribution in [0.15, 0.2) is 24.3 Å². The molecule has 0 fully saturated rings. The minimum absolute atomic E-state index is 0.115. The molecule has 0 unspecified atom stereocenters. The van der Waals surface area contributed by atoms with Crippen LogP contribution < -0.4 is 5.32 Å². The van der Waals surface area contributed by atoms with Crippen LogP contribution in [0.4, 0.5) is 0 Å². The molecular weight excluding hydrogens is 380 g/mol. The maximum atomic E-state index is 12.3. The van der Waals surface area contributed by atoms with Crippen LogP contribution in [0.25, 0.3) is 4.96 Å². The van der Waals surface area contributed by atoms with Crippen molar-refractivity contribution in [3.8, 4) is 0 Å². The molecule has 144 valence electrons. The summed E-state index contributed by atoms with van der Waals surface area (Å²) in [5.74, 6) is 0.0321. The number of carbonyl (C=O) groups excluding carboxylic acids is 3. The summed E-state index contributed by atoms with van der Waals surface area (Å²) in [6.07, 6.45) is 1.28. The highest BCUT2D eigenvalue weighted by molar-refractivity contribution is 7.16. The number of benzene rings is 1. The molecule has 1 N–H and O–H groups in total. The number of hydrogen-bond donors (Lipinski definition) is 1. The molecule has 28 heavy (non-hydrogen) atoms. The van der Waals surface area contributed by atoms with Gasteiger partial charge in [-0.1, -0.05) is 23.5 Å². The highest BCUT2D eigenvalue weighted by Crippen LogP contribution is 2.22. The fraction of sp³-hybridized carbons (Fsp3) is 0.333. The minimum atomic E-state index is -0.292. The Morgan fingerprint density at radius 1 is 1.14 bits per heavy atom. The fourth-order valence-electron chi connectivity index (χ4n) is 3.09. The number of amides is 3.